The van der Waals surface area contributed by atoms with Gasteiger partial charge in [-0.15, -0.1) is 10.2 Å². The molecule has 1 amide bonds. The summed E-state index contributed by atoms with van der Waals surface area (Å²) in [6.45, 7) is 4.49. The number of aliphatic hydroxyl groups excluding tert-OH is 1. The molecular weight excluding hydrogens is 391 g/mol. The van der Waals surface area contributed by atoms with Crippen molar-refractivity contribution >= 4 is 11.8 Å². The second-order valence-corrected chi connectivity index (χ2v) is 6.91. The van der Waals surface area contributed by atoms with Gasteiger partial charge >= 0.3 is 6.09 Å². The van der Waals surface area contributed by atoms with Crippen LogP contribution >= 0.6 is 0 Å². The van der Waals surface area contributed by atoms with Crippen molar-refractivity contribution in [3.63, 3.8) is 0 Å². The zero-order chi connectivity index (χ0) is 21.3. The Morgan fingerprint density at radius 2 is 2.13 bits per heavy atom. The lowest BCUT2D eigenvalue weighted by atomic mass is 10.1. The number of pyridine rings is 1. The van der Waals surface area contributed by atoms with E-state index in [2.05, 4.69) is 20.4 Å². The number of hydrogen-bond donors (Lipinski definition) is 1. The van der Waals surface area contributed by atoms with Crippen molar-refractivity contribution in [1.82, 2.24) is 25.2 Å². The molecule has 1 aromatic carbocycles. The molecule has 4 rings (SSSR count). The lowest BCUT2D eigenvalue weighted by Crippen LogP contribution is -2.30. The molecule has 2 atom stereocenters. The Hall–Kier alpha value is -3.40. The smallest absolute Gasteiger partial charge is 0.414 e. The van der Waals surface area contributed by atoms with Crippen LogP contribution in [0.3, 0.4) is 0 Å². The van der Waals surface area contributed by atoms with Crippen LogP contribution in [0.4, 0.5) is 14.9 Å². The number of tetrazole rings is 1. The molecule has 1 N–H and O–H groups in total. The number of nitrogens with zero attached hydrogens (tertiary/aromatic N) is 6. The Morgan fingerprint density at radius 3 is 2.77 bits per heavy atom. The number of hydrogen-bond acceptors (Lipinski definition) is 7. The molecule has 2 aromatic heterocycles. The van der Waals surface area contributed by atoms with E-state index in [-0.39, 0.29) is 6.54 Å². The predicted molar refractivity (Wildman–Crippen MR) is 106 cm³/mol. The first kappa shape index (κ1) is 19.9. The normalized spacial score (nSPS) is 17.3. The lowest BCUT2D eigenvalue weighted by molar-refractivity contribution is 0.0308. The summed E-state index contributed by atoms with van der Waals surface area (Å²) in [5, 5.41) is 21.9. The molecule has 0 aliphatic carbocycles. The summed E-state index contributed by atoms with van der Waals surface area (Å²) in [5.41, 5.74) is 1.84. The van der Waals surface area contributed by atoms with Crippen LogP contribution < -0.4 is 4.90 Å². The Labute approximate surface area is 172 Å². The number of aromatic nitrogens is 5. The predicted octanol–water partition coefficient (Wildman–Crippen LogP) is 2.66. The monoisotopic (exact) mass is 412 g/mol. The molecule has 0 spiro atoms. The minimum absolute atomic E-state index is 0.175. The van der Waals surface area contributed by atoms with Gasteiger partial charge in [-0.3, -0.25) is 9.88 Å². The highest BCUT2D eigenvalue weighted by molar-refractivity contribution is 5.90. The number of anilines is 1. The quantitative estimate of drug-likeness (QED) is 0.663. The standard InChI is InChI=1S/C20H21FN6O3/c1-3-17(28)18-11-26(20(29)30-18)13-6-7-14(15(21)9-13)12-5-8-16(22-10-12)19-23-25-27(4-2)24-19/h5-10,17-18,28H,3-4,11H2,1-2H3/t17?,18-/m1/s1. The number of amides is 1. The fraction of sp³-hybridized carbons (Fsp3) is 0.350. The van der Waals surface area contributed by atoms with Gasteiger partial charge in [0, 0.05) is 17.3 Å². The van der Waals surface area contributed by atoms with Crippen LogP contribution in [-0.2, 0) is 11.3 Å². The van der Waals surface area contributed by atoms with Gasteiger partial charge in [0.05, 0.1) is 24.9 Å². The number of benzene rings is 1. The van der Waals surface area contributed by atoms with Gasteiger partial charge in [-0.25, -0.2) is 9.18 Å². The highest BCUT2D eigenvalue weighted by Gasteiger charge is 2.36. The van der Waals surface area contributed by atoms with E-state index in [1.54, 1.807) is 31.2 Å². The molecule has 1 saturated heterocycles. The Balaban J connectivity index is 1.54. The largest absolute Gasteiger partial charge is 0.441 e. The minimum Gasteiger partial charge on any atom is -0.441 e. The number of carbonyl (C=O) groups excluding carboxylic acids is 1. The summed E-state index contributed by atoms with van der Waals surface area (Å²) < 4.78 is 20.0. The van der Waals surface area contributed by atoms with Crippen LogP contribution in [0.2, 0.25) is 0 Å². The zero-order valence-corrected chi connectivity index (χ0v) is 16.6. The van der Waals surface area contributed by atoms with Gasteiger partial charge in [-0.05, 0) is 42.8 Å². The molecule has 10 heteroatoms. The van der Waals surface area contributed by atoms with Crippen molar-refractivity contribution in [2.24, 2.45) is 0 Å². The second kappa shape index (κ2) is 8.15. The Kier molecular flexibility index (Phi) is 5.40. The molecule has 1 aliphatic rings. The van der Waals surface area contributed by atoms with Gasteiger partial charge in [-0.2, -0.15) is 4.80 Å². The minimum atomic E-state index is -0.749. The first-order valence-electron chi connectivity index (χ1n) is 9.70. The van der Waals surface area contributed by atoms with Gasteiger partial charge in [0.15, 0.2) is 0 Å². The number of aryl methyl sites for hydroxylation is 1. The van der Waals surface area contributed by atoms with E-state index in [4.69, 9.17) is 4.74 Å². The number of rotatable bonds is 6. The van der Waals surface area contributed by atoms with Crippen molar-refractivity contribution < 1.29 is 19.0 Å². The third-order valence-corrected chi connectivity index (χ3v) is 4.99. The van der Waals surface area contributed by atoms with Gasteiger partial charge in [0.25, 0.3) is 0 Å². The first-order chi connectivity index (χ1) is 14.5. The molecule has 3 heterocycles. The topological polar surface area (TPSA) is 106 Å². The van der Waals surface area contributed by atoms with E-state index >= 15 is 0 Å². The van der Waals surface area contributed by atoms with E-state index in [0.717, 1.165) is 0 Å². The average Bonchev–Trinajstić information content (AvgIpc) is 3.40. The van der Waals surface area contributed by atoms with Gasteiger partial charge in [0.2, 0.25) is 5.82 Å². The first-order valence-corrected chi connectivity index (χ1v) is 9.70. The number of halogens is 1. The van der Waals surface area contributed by atoms with Crippen molar-refractivity contribution in [1.29, 1.82) is 0 Å². The van der Waals surface area contributed by atoms with Gasteiger partial charge < -0.3 is 9.84 Å². The van der Waals surface area contributed by atoms with Crippen molar-refractivity contribution in [3.05, 3.63) is 42.3 Å². The number of cyclic esters (lactones) is 1. The SMILES string of the molecule is CCC(O)[C@H]1CN(c2ccc(-c3ccc(-c4nnn(CC)n4)nc3)c(F)c2)C(=O)O1. The van der Waals surface area contributed by atoms with Crippen LogP contribution in [-0.4, -0.2) is 55.1 Å². The fourth-order valence-electron chi connectivity index (χ4n) is 3.23. The van der Waals surface area contributed by atoms with Crippen LogP contribution in [0.5, 0.6) is 0 Å². The molecule has 30 heavy (non-hydrogen) atoms. The van der Waals surface area contributed by atoms with Crippen LogP contribution in [0, 0.1) is 5.82 Å². The summed E-state index contributed by atoms with van der Waals surface area (Å²) in [6, 6.07) is 7.94. The number of ether oxygens (including phenoxy) is 1. The lowest BCUT2D eigenvalue weighted by Gasteiger charge is -2.16. The molecule has 1 fully saturated rings. The molecule has 3 aromatic rings. The maximum absolute atomic E-state index is 14.8. The average molecular weight is 412 g/mol. The molecule has 0 radical (unpaired) electrons. The molecular formula is C20H21FN6O3. The molecule has 1 unspecified atom stereocenters. The highest BCUT2D eigenvalue weighted by atomic mass is 19.1. The summed E-state index contributed by atoms with van der Waals surface area (Å²) in [4.78, 5) is 19.2. The van der Waals surface area contributed by atoms with E-state index in [0.29, 0.717) is 41.3 Å². The second-order valence-electron chi connectivity index (χ2n) is 6.91. The van der Waals surface area contributed by atoms with Crippen molar-refractivity contribution in [3.8, 4) is 22.6 Å². The maximum Gasteiger partial charge on any atom is 0.414 e. The van der Waals surface area contributed by atoms with Crippen LogP contribution in [0.25, 0.3) is 22.6 Å². The van der Waals surface area contributed by atoms with E-state index in [9.17, 15) is 14.3 Å². The van der Waals surface area contributed by atoms with Gasteiger partial charge in [0.1, 0.15) is 17.6 Å². The fourth-order valence-corrected chi connectivity index (χ4v) is 3.23. The van der Waals surface area contributed by atoms with E-state index in [1.807, 2.05) is 6.92 Å². The summed E-state index contributed by atoms with van der Waals surface area (Å²) in [5.74, 6) is -0.0972. The summed E-state index contributed by atoms with van der Waals surface area (Å²) in [6.07, 6.45) is 0.0325. The molecule has 0 saturated carbocycles. The third kappa shape index (κ3) is 3.73. The molecule has 1 aliphatic heterocycles. The third-order valence-electron chi connectivity index (χ3n) is 4.99. The van der Waals surface area contributed by atoms with Crippen LogP contribution in [0.1, 0.15) is 20.3 Å². The molecule has 156 valence electrons. The molecule has 0 bridgehead atoms. The molecule has 9 nitrogen and oxygen atoms in total. The van der Waals surface area contributed by atoms with Crippen molar-refractivity contribution in [2.45, 2.75) is 39.0 Å². The highest BCUT2D eigenvalue weighted by Crippen LogP contribution is 2.30. The van der Waals surface area contributed by atoms with Gasteiger partial charge in [-0.1, -0.05) is 13.0 Å². The van der Waals surface area contributed by atoms with Crippen molar-refractivity contribution in [2.75, 3.05) is 11.4 Å². The summed E-state index contributed by atoms with van der Waals surface area (Å²) in [7, 11) is 0. The Morgan fingerprint density at radius 1 is 1.30 bits per heavy atom. The Bertz CT molecular complexity index is 1050. The zero-order valence-electron chi connectivity index (χ0n) is 16.6. The van der Waals surface area contributed by atoms with E-state index < -0.39 is 24.1 Å². The number of carbonyl (C=O) groups is 1. The number of aliphatic hydroxyl groups is 1. The van der Waals surface area contributed by atoms with Crippen LogP contribution in [0.15, 0.2) is 36.5 Å². The van der Waals surface area contributed by atoms with E-state index in [1.165, 1.54) is 22.0 Å². The maximum atomic E-state index is 14.8. The summed E-state index contributed by atoms with van der Waals surface area (Å²) >= 11 is 0.